The number of phenolic OH excluding ortho intramolecular Hbond substituents is 2. The molecule has 0 radical (unpaired) electrons. The van der Waals surface area contributed by atoms with Crippen LogP contribution in [0.2, 0.25) is 5.02 Å². The van der Waals surface area contributed by atoms with Crippen molar-refractivity contribution in [2.45, 2.75) is 34.9 Å². The second kappa shape index (κ2) is 9.23. The molecule has 0 bridgehead atoms. The highest BCUT2D eigenvalue weighted by Gasteiger charge is 2.76. The van der Waals surface area contributed by atoms with Crippen LogP contribution in [0.15, 0.2) is 54.1 Å². The van der Waals surface area contributed by atoms with Gasteiger partial charge in [0.05, 0.1) is 11.8 Å². The van der Waals surface area contributed by atoms with Gasteiger partial charge in [0.25, 0.3) is 11.8 Å². The average Bonchev–Trinajstić information content (AvgIpc) is 3.23. The van der Waals surface area contributed by atoms with Crippen molar-refractivity contribution in [3.8, 4) is 11.5 Å². The number of alkyl halides is 2. The van der Waals surface area contributed by atoms with Crippen LogP contribution >= 0.6 is 34.8 Å². The number of benzene rings is 2. The number of imide groups is 2. The van der Waals surface area contributed by atoms with E-state index in [1.165, 1.54) is 24.1 Å². The third-order valence-corrected chi connectivity index (χ3v) is 10.7. The van der Waals surface area contributed by atoms with E-state index in [0.29, 0.717) is 17.6 Å². The lowest BCUT2D eigenvalue weighted by Gasteiger charge is -2.51. The maximum absolute atomic E-state index is 13.9. The van der Waals surface area contributed by atoms with Crippen LogP contribution in [0.1, 0.15) is 29.9 Å². The van der Waals surface area contributed by atoms with E-state index in [9.17, 15) is 29.4 Å². The first-order chi connectivity index (χ1) is 18.9. The minimum absolute atomic E-state index is 0.0914. The number of hydrogen-bond donors (Lipinski definition) is 2. The summed E-state index contributed by atoms with van der Waals surface area (Å²) in [5.74, 6) is -4.99. The number of nitrogens with zero attached hydrogens (tertiary/aromatic N) is 2. The Morgan fingerprint density at radius 3 is 2.27 bits per heavy atom. The maximum atomic E-state index is 13.9. The Morgan fingerprint density at radius 1 is 0.925 bits per heavy atom. The van der Waals surface area contributed by atoms with Crippen LogP contribution in [-0.4, -0.2) is 67.0 Å². The van der Waals surface area contributed by atoms with E-state index < -0.39 is 45.2 Å². The van der Waals surface area contributed by atoms with Gasteiger partial charge in [-0.2, -0.15) is 0 Å². The van der Waals surface area contributed by atoms with E-state index in [0.717, 1.165) is 10.5 Å². The summed E-state index contributed by atoms with van der Waals surface area (Å²) in [5.41, 5.74) is 1.89. The highest BCUT2D eigenvalue weighted by atomic mass is 35.5. The molecule has 0 aromatic heterocycles. The Kier molecular flexibility index (Phi) is 6.25. The first-order valence-electron chi connectivity index (χ1n) is 12.9. The maximum Gasteiger partial charge on any atom is 0.253 e. The Morgan fingerprint density at radius 2 is 1.60 bits per heavy atom. The Hall–Kier alpha value is -3.07. The zero-order chi connectivity index (χ0) is 28.7. The zero-order valence-corrected chi connectivity index (χ0v) is 23.6. The summed E-state index contributed by atoms with van der Waals surface area (Å²) in [6, 6.07) is 10.8. The van der Waals surface area contributed by atoms with Gasteiger partial charge in [-0.25, -0.2) is 0 Å². The molecule has 2 heterocycles. The van der Waals surface area contributed by atoms with Crippen LogP contribution in [0.5, 0.6) is 11.5 Å². The normalized spacial score (nSPS) is 33.1. The van der Waals surface area contributed by atoms with Gasteiger partial charge in [0.2, 0.25) is 11.8 Å². The fraction of sp³-hybridized carbons (Fsp3) is 0.379. The van der Waals surface area contributed by atoms with Gasteiger partial charge in [-0.15, -0.1) is 23.2 Å². The summed E-state index contributed by atoms with van der Waals surface area (Å²) in [6.45, 7) is 0.163. The molecule has 11 heteroatoms. The van der Waals surface area contributed by atoms with Crippen molar-refractivity contribution in [3.05, 3.63) is 70.3 Å². The third kappa shape index (κ3) is 3.58. The second-order valence-corrected chi connectivity index (χ2v) is 12.6. The van der Waals surface area contributed by atoms with Crippen LogP contribution in [-0.2, 0) is 25.6 Å². The standard InChI is InChI=1S/C29H25Cl3N2O6/c1-33-26(39)28(31)13-20-17(23(29(28,32)27(33)40)18-7-6-16(36)12-21(18)30)8-9-19-22(20)25(38)34(24(19)37)11-10-14-2-4-15(35)5-3-14/h2-8,12,19-20,22-23,35-36H,9-11,13H2,1H3. The number of likely N-dealkylation sites (tertiary alicyclic amines) is 2. The number of halogens is 3. The number of carbonyl (C=O) groups excluding carboxylic acids is 4. The number of aromatic hydroxyl groups is 2. The molecule has 6 unspecified atom stereocenters. The molecule has 2 aromatic carbocycles. The molecule has 4 aliphatic rings. The molecule has 2 aromatic rings. The van der Waals surface area contributed by atoms with E-state index in [-0.39, 0.29) is 47.7 Å². The Labute approximate surface area is 245 Å². The van der Waals surface area contributed by atoms with Gasteiger partial charge in [0, 0.05) is 24.5 Å². The number of rotatable bonds is 4. The van der Waals surface area contributed by atoms with Crippen LogP contribution in [0, 0.1) is 17.8 Å². The molecule has 208 valence electrons. The monoisotopic (exact) mass is 602 g/mol. The fourth-order valence-corrected chi connectivity index (χ4v) is 8.32. The number of phenols is 2. The topological polar surface area (TPSA) is 115 Å². The van der Waals surface area contributed by atoms with E-state index in [2.05, 4.69) is 0 Å². The van der Waals surface area contributed by atoms with Crippen molar-refractivity contribution in [1.82, 2.24) is 9.80 Å². The van der Waals surface area contributed by atoms with Crippen LogP contribution in [0.4, 0.5) is 0 Å². The number of amides is 4. The predicted octanol–water partition coefficient (Wildman–Crippen LogP) is 3.98. The lowest BCUT2D eigenvalue weighted by molar-refractivity contribution is -0.141. The summed E-state index contributed by atoms with van der Waals surface area (Å²) < 4.78 is 0. The van der Waals surface area contributed by atoms with Crippen LogP contribution in [0.3, 0.4) is 0 Å². The van der Waals surface area contributed by atoms with Gasteiger partial charge in [-0.1, -0.05) is 41.4 Å². The van der Waals surface area contributed by atoms with Crippen molar-refractivity contribution >= 4 is 58.4 Å². The van der Waals surface area contributed by atoms with Crippen molar-refractivity contribution < 1.29 is 29.4 Å². The molecule has 40 heavy (non-hydrogen) atoms. The number of allylic oxidation sites excluding steroid dienone is 2. The Balaban J connectivity index is 1.41. The van der Waals surface area contributed by atoms with Gasteiger partial charge >= 0.3 is 0 Å². The van der Waals surface area contributed by atoms with Gasteiger partial charge in [0.1, 0.15) is 11.5 Å². The third-order valence-electron chi connectivity index (χ3n) is 8.96. The number of hydrogen-bond acceptors (Lipinski definition) is 6. The van der Waals surface area contributed by atoms with E-state index in [4.69, 9.17) is 34.8 Å². The number of carbonyl (C=O) groups is 4. The fourth-order valence-electron chi connectivity index (χ4n) is 7.03. The molecular weight excluding hydrogens is 579 g/mol. The lowest BCUT2D eigenvalue weighted by atomic mass is 9.56. The van der Waals surface area contributed by atoms with Crippen LogP contribution < -0.4 is 0 Å². The molecule has 4 amide bonds. The van der Waals surface area contributed by atoms with Crippen molar-refractivity contribution in [2.24, 2.45) is 17.8 Å². The summed E-state index contributed by atoms with van der Waals surface area (Å²) in [7, 11) is 1.32. The molecule has 2 aliphatic carbocycles. The van der Waals surface area contributed by atoms with Crippen molar-refractivity contribution in [1.29, 1.82) is 0 Å². The summed E-state index contributed by atoms with van der Waals surface area (Å²) >= 11 is 20.8. The zero-order valence-electron chi connectivity index (χ0n) is 21.3. The average molecular weight is 604 g/mol. The molecule has 1 saturated carbocycles. The van der Waals surface area contributed by atoms with Gasteiger partial charge in [-0.05, 0) is 60.6 Å². The molecule has 8 nitrogen and oxygen atoms in total. The molecule has 2 saturated heterocycles. The quantitative estimate of drug-likeness (QED) is 0.310. The minimum atomic E-state index is -1.93. The first-order valence-corrected chi connectivity index (χ1v) is 14.1. The molecule has 6 rings (SSSR count). The van der Waals surface area contributed by atoms with E-state index in [1.54, 1.807) is 30.3 Å². The molecule has 2 aliphatic heterocycles. The molecule has 2 N–H and O–H groups in total. The largest absolute Gasteiger partial charge is 0.508 e. The smallest absolute Gasteiger partial charge is 0.253 e. The van der Waals surface area contributed by atoms with Crippen molar-refractivity contribution in [3.63, 3.8) is 0 Å². The summed E-state index contributed by atoms with van der Waals surface area (Å²) in [6.07, 6.45) is 2.40. The van der Waals surface area contributed by atoms with E-state index >= 15 is 0 Å². The van der Waals surface area contributed by atoms with Gasteiger partial charge < -0.3 is 10.2 Å². The van der Waals surface area contributed by atoms with Crippen LogP contribution in [0.25, 0.3) is 0 Å². The SMILES string of the molecule is CN1C(=O)C2(Cl)CC3C(=CCC4C(=O)N(CCc5ccc(O)cc5)C(=O)C43)C(c3ccc(O)cc3Cl)C2(Cl)C1=O. The van der Waals surface area contributed by atoms with Gasteiger partial charge in [-0.3, -0.25) is 29.0 Å². The first kappa shape index (κ1) is 27.1. The summed E-state index contributed by atoms with van der Waals surface area (Å²) in [5, 5.41) is 19.7. The Bertz CT molecular complexity index is 1510. The van der Waals surface area contributed by atoms with Gasteiger partial charge in [0.15, 0.2) is 9.75 Å². The number of fused-ring (bicyclic) bond motifs is 4. The molecular formula is C29H25Cl3N2O6. The molecule has 6 atom stereocenters. The highest BCUT2D eigenvalue weighted by molar-refractivity contribution is 6.53. The second-order valence-electron chi connectivity index (χ2n) is 10.9. The minimum Gasteiger partial charge on any atom is -0.508 e. The lowest BCUT2D eigenvalue weighted by Crippen LogP contribution is -2.60. The van der Waals surface area contributed by atoms with E-state index in [1.807, 2.05) is 6.08 Å². The van der Waals surface area contributed by atoms with Crippen molar-refractivity contribution in [2.75, 3.05) is 13.6 Å². The summed E-state index contributed by atoms with van der Waals surface area (Å²) in [4.78, 5) is 52.7. The predicted molar refractivity (Wildman–Crippen MR) is 147 cm³/mol. The molecule has 3 fully saturated rings. The highest BCUT2D eigenvalue weighted by Crippen LogP contribution is 2.65. The molecule has 0 spiro atoms.